The summed E-state index contributed by atoms with van der Waals surface area (Å²) >= 11 is 0. The van der Waals surface area contributed by atoms with Crippen molar-refractivity contribution >= 4 is 17.9 Å². The number of benzene rings is 1. The molecule has 31 heavy (non-hydrogen) atoms. The number of esters is 3. The molecule has 1 aromatic carbocycles. The first-order chi connectivity index (χ1) is 14.4. The van der Waals surface area contributed by atoms with Crippen molar-refractivity contribution in [3.05, 3.63) is 30.3 Å². The molecule has 0 aliphatic heterocycles. The van der Waals surface area contributed by atoms with Gasteiger partial charge in [0, 0.05) is 0 Å². The molecule has 0 fully saturated rings. The molecule has 0 aliphatic rings. The van der Waals surface area contributed by atoms with Crippen LogP contribution in [0.4, 0.5) is 0 Å². The summed E-state index contributed by atoms with van der Waals surface area (Å²) in [5.41, 5.74) is -2.75. The maximum Gasteiger partial charge on any atom is 0.311 e. The summed E-state index contributed by atoms with van der Waals surface area (Å²) in [7, 11) is 5.59. The van der Waals surface area contributed by atoms with Gasteiger partial charge in [0.1, 0.15) is 5.75 Å². The molecule has 2 atom stereocenters. The normalized spacial score (nSPS) is 14.6. The molecule has 0 spiro atoms. The highest BCUT2D eigenvalue weighted by Crippen LogP contribution is 2.45. The van der Waals surface area contributed by atoms with Crippen molar-refractivity contribution < 1.29 is 33.3 Å². The summed E-state index contributed by atoms with van der Waals surface area (Å²) in [5.74, 6) is -0.347. The van der Waals surface area contributed by atoms with E-state index in [1.807, 2.05) is 37.3 Å². The Balaban J connectivity index is 0.000000929. The van der Waals surface area contributed by atoms with E-state index in [1.54, 1.807) is 34.8 Å². The van der Waals surface area contributed by atoms with E-state index < -0.39 is 28.2 Å². The van der Waals surface area contributed by atoms with Crippen LogP contribution in [0.2, 0.25) is 0 Å². The molecule has 0 aliphatic carbocycles. The van der Waals surface area contributed by atoms with E-state index >= 15 is 0 Å². The SMILES string of the molecule is CCC(C)(CC(C)(CC(C)(C)C(=O)OC)C(=O)OC)C(=O)OC.COc1ccccc1. The van der Waals surface area contributed by atoms with Gasteiger partial charge in [-0.3, -0.25) is 14.4 Å². The van der Waals surface area contributed by atoms with Gasteiger partial charge in [-0.25, -0.2) is 0 Å². The van der Waals surface area contributed by atoms with Crippen molar-refractivity contribution in [3.63, 3.8) is 0 Å². The first kappa shape index (κ1) is 28.4. The molecular formula is C24H38O7. The molecule has 0 amide bonds. The van der Waals surface area contributed by atoms with Crippen LogP contribution >= 0.6 is 0 Å². The van der Waals surface area contributed by atoms with Crippen LogP contribution in [0.3, 0.4) is 0 Å². The third kappa shape index (κ3) is 8.23. The number of rotatable bonds is 9. The van der Waals surface area contributed by atoms with Crippen molar-refractivity contribution in [2.75, 3.05) is 28.4 Å². The van der Waals surface area contributed by atoms with Crippen LogP contribution in [0, 0.1) is 16.2 Å². The van der Waals surface area contributed by atoms with Gasteiger partial charge in [0.15, 0.2) is 0 Å². The number of hydrogen-bond donors (Lipinski definition) is 0. The largest absolute Gasteiger partial charge is 0.497 e. The van der Waals surface area contributed by atoms with Gasteiger partial charge < -0.3 is 18.9 Å². The maximum atomic E-state index is 12.4. The minimum atomic E-state index is -1.02. The van der Waals surface area contributed by atoms with Crippen molar-refractivity contribution in [1.82, 2.24) is 0 Å². The number of methoxy groups -OCH3 is 4. The Morgan fingerprint density at radius 1 is 0.710 bits per heavy atom. The number of carbonyl (C=O) groups excluding carboxylic acids is 3. The van der Waals surface area contributed by atoms with Crippen LogP contribution in [0.25, 0.3) is 0 Å². The van der Waals surface area contributed by atoms with E-state index in [0.717, 1.165) is 5.75 Å². The maximum absolute atomic E-state index is 12.4. The van der Waals surface area contributed by atoms with E-state index in [-0.39, 0.29) is 18.8 Å². The lowest BCUT2D eigenvalue weighted by atomic mass is 9.65. The minimum Gasteiger partial charge on any atom is -0.497 e. The molecule has 0 saturated heterocycles. The molecule has 7 nitrogen and oxygen atoms in total. The van der Waals surface area contributed by atoms with Crippen molar-refractivity contribution in [3.8, 4) is 5.75 Å². The van der Waals surface area contributed by atoms with Crippen molar-refractivity contribution in [1.29, 1.82) is 0 Å². The second kappa shape index (κ2) is 12.3. The summed E-state index contributed by atoms with van der Waals surface area (Å²) in [5, 5.41) is 0. The van der Waals surface area contributed by atoms with E-state index in [4.69, 9.17) is 18.9 Å². The highest BCUT2D eigenvalue weighted by molar-refractivity contribution is 5.82. The van der Waals surface area contributed by atoms with Gasteiger partial charge in [-0.2, -0.15) is 0 Å². The molecule has 176 valence electrons. The predicted octanol–water partition coefficient (Wildman–Crippen LogP) is 4.43. The molecule has 1 rings (SSSR count). The van der Waals surface area contributed by atoms with Crippen molar-refractivity contribution in [2.45, 2.75) is 53.9 Å². The molecule has 0 saturated carbocycles. The topological polar surface area (TPSA) is 88.1 Å². The van der Waals surface area contributed by atoms with Crippen LogP contribution in [-0.4, -0.2) is 46.3 Å². The molecule has 0 bridgehead atoms. The molecule has 0 radical (unpaired) electrons. The van der Waals surface area contributed by atoms with Gasteiger partial charge in [0.05, 0.1) is 44.7 Å². The first-order valence-electron chi connectivity index (χ1n) is 10.2. The van der Waals surface area contributed by atoms with Crippen LogP contribution < -0.4 is 4.74 Å². The second-order valence-corrected chi connectivity index (χ2v) is 8.70. The summed E-state index contributed by atoms with van der Waals surface area (Å²) in [6, 6.07) is 9.68. The average Bonchev–Trinajstić information content (AvgIpc) is 2.77. The van der Waals surface area contributed by atoms with E-state index in [9.17, 15) is 14.4 Å². The smallest absolute Gasteiger partial charge is 0.311 e. The first-order valence-corrected chi connectivity index (χ1v) is 10.2. The van der Waals surface area contributed by atoms with E-state index in [2.05, 4.69) is 0 Å². The van der Waals surface area contributed by atoms with Crippen molar-refractivity contribution in [2.24, 2.45) is 16.2 Å². The zero-order chi connectivity index (χ0) is 24.3. The quantitative estimate of drug-likeness (QED) is 0.416. The third-order valence-electron chi connectivity index (χ3n) is 5.47. The number of para-hydroxylation sites is 1. The van der Waals surface area contributed by atoms with Crippen LogP contribution in [0.15, 0.2) is 30.3 Å². The van der Waals surface area contributed by atoms with Gasteiger partial charge in [-0.05, 0) is 59.1 Å². The Hall–Kier alpha value is -2.57. The lowest BCUT2D eigenvalue weighted by Crippen LogP contribution is -2.43. The van der Waals surface area contributed by atoms with E-state index in [0.29, 0.717) is 6.42 Å². The van der Waals surface area contributed by atoms with Gasteiger partial charge in [-0.15, -0.1) is 0 Å². The minimum absolute atomic E-state index is 0.200. The fraction of sp³-hybridized carbons (Fsp3) is 0.625. The fourth-order valence-electron chi connectivity index (χ4n) is 3.78. The molecule has 7 heteroatoms. The fourth-order valence-corrected chi connectivity index (χ4v) is 3.78. The third-order valence-corrected chi connectivity index (χ3v) is 5.47. The highest BCUT2D eigenvalue weighted by Gasteiger charge is 2.49. The molecule has 0 N–H and O–H groups in total. The van der Waals surface area contributed by atoms with Gasteiger partial charge in [0.25, 0.3) is 0 Å². The highest BCUT2D eigenvalue weighted by atomic mass is 16.5. The summed E-state index contributed by atoms with van der Waals surface area (Å²) in [4.78, 5) is 36.5. The molecule has 2 unspecified atom stereocenters. The molecular weight excluding hydrogens is 400 g/mol. The Labute approximate surface area is 186 Å². The Morgan fingerprint density at radius 3 is 1.52 bits per heavy atom. The zero-order valence-corrected chi connectivity index (χ0v) is 20.4. The van der Waals surface area contributed by atoms with Crippen LogP contribution in [0.1, 0.15) is 53.9 Å². The zero-order valence-electron chi connectivity index (χ0n) is 20.4. The Kier molecular flexibility index (Phi) is 11.3. The predicted molar refractivity (Wildman–Crippen MR) is 119 cm³/mol. The van der Waals surface area contributed by atoms with Gasteiger partial charge in [0.2, 0.25) is 0 Å². The summed E-state index contributed by atoms with van der Waals surface area (Å²) < 4.78 is 19.5. The standard InChI is InChI=1S/C17H30O6.C7H8O/c1-9-16(4,13(19)22-7)11-17(5,14(20)23-8)10-15(2,3)12(18)21-6;1-8-7-5-3-2-4-6-7/h9-11H2,1-8H3;2-6H,1H3. The van der Waals surface area contributed by atoms with Crippen LogP contribution in [0.5, 0.6) is 5.75 Å². The Bertz CT molecular complexity index is 714. The molecule has 0 heterocycles. The lowest BCUT2D eigenvalue weighted by Gasteiger charge is -2.39. The van der Waals surface area contributed by atoms with Gasteiger partial charge >= 0.3 is 17.9 Å². The number of carbonyl (C=O) groups is 3. The van der Waals surface area contributed by atoms with Crippen LogP contribution in [-0.2, 0) is 28.6 Å². The summed E-state index contributed by atoms with van der Waals surface area (Å²) in [6.07, 6.45) is 0.924. The molecule has 0 aromatic heterocycles. The Morgan fingerprint density at radius 2 is 1.16 bits per heavy atom. The number of ether oxygens (including phenoxy) is 4. The molecule has 1 aromatic rings. The monoisotopic (exact) mass is 438 g/mol. The average molecular weight is 439 g/mol. The summed E-state index contributed by atoms with van der Waals surface area (Å²) in [6.45, 7) is 8.74. The second-order valence-electron chi connectivity index (χ2n) is 8.70. The van der Waals surface area contributed by atoms with Gasteiger partial charge in [-0.1, -0.05) is 25.1 Å². The number of hydrogen-bond acceptors (Lipinski definition) is 7. The van der Waals surface area contributed by atoms with E-state index in [1.165, 1.54) is 21.3 Å². The lowest BCUT2D eigenvalue weighted by molar-refractivity contribution is -0.165.